The van der Waals surface area contributed by atoms with Crippen molar-refractivity contribution in [3.8, 4) is 29.2 Å². The van der Waals surface area contributed by atoms with Gasteiger partial charge < -0.3 is 33.9 Å². The maximum absolute atomic E-state index is 13.5. The fourth-order valence-corrected chi connectivity index (χ4v) is 4.20. The molecular formula is C27H31N3O7. The van der Waals surface area contributed by atoms with E-state index in [1.807, 2.05) is 6.92 Å². The SMILES string of the molecule is COCC#Cc1cnc2c(c1)C(=O)N([C@@H](C)CO)C[C@H](C)[C@@H](CN(C)C(=O)c1ccc3c(c1)OCO3)O2. The zero-order valence-corrected chi connectivity index (χ0v) is 21.4. The third-order valence-electron chi connectivity index (χ3n) is 6.39. The molecule has 2 aromatic rings. The molecule has 196 valence electrons. The maximum Gasteiger partial charge on any atom is 0.259 e. The number of aromatic nitrogens is 1. The van der Waals surface area contributed by atoms with Crippen molar-refractivity contribution >= 4 is 11.8 Å². The monoisotopic (exact) mass is 509 g/mol. The lowest BCUT2D eigenvalue weighted by atomic mass is 9.99. The van der Waals surface area contributed by atoms with Crippen molar-refractivity contribution in [1.82, 2.24) is 14.8 Å². The number of carbonyl (C=O) groups excluding carboxylic acids is 2. The number of hydrogen-bond acceptors (Lipinski definition) is 8. The fourth-order valence-electron chi connectivity index (χ4n) is 4.20. The molecule has 0 saturated carbocycles. The minimum Gasteiger partial charge on any atom is -0.472 e. The molecule has 0 fully saturated rings. The van der Waals surface area contributed by atoms with Crippen LogP contribution in [0.5, 0.6) is 17.4 Å². The van der Waals surface area contributed by atoms with Crippen molar-refractivity contribution in [1.29, 1.82) is 0 Å². The Balaban J connectivity index is 1.61. The summed E-state index contributed by atoms with van der Waals surface area (Å²) in [5.74, 6) is 6.42. The molecule has 1 N–H and O–H groups in total. The van der Waals surface area contributed by atoms with Gasteiger partial charge in [0.15, 0.2) is 11.5 Å². The molecular weight excluding hydrogens is 478 g/mol. The van der Waals surface area contributed by atoms with Crippen LogP contribution in [0, 0.1) is 17.8 Å². The fraction of sp³-hybridized carbons (Fsp3) is 0.444. The van der Waals surface area contributed by atoms with Crippen molar-refractivity contribution < 1.29 is 33.6 Å². The summed E-state index contributed by atoms with van der Waals surface area (Å²) in [7, 11) is 3.25. The van der Waals surface area contributed by atoms with Crippen LogP contribution in [-0.2, 0) is 4.74 Å². The van der Waals surface area contributed by atoms with Gasteiger partial charge in [-0.25, -0.2) is 4.98 Å². The topological polar surface area (TPSA) is 111 Å². The van der Waals surface area contributed by atoms with Gasteiger partial charge in [0.1, 0.15) is 18.3 Å². The molecule has 10 heteroatoms. The van der Waals surface area contributed by atoms with Gasteiger partial charge in [0, 0.05) is 43.9 Å². The summed E-state index contributed by atoms with van der Waals surface area (Å²) in [6.45, 7) is 4.50. The number of aliphatic hydroxyl groups excluding tert-OH is 1. The number of methoxy groups -OCH3 is 1. The van der Waals surface area contributed by atoms with Crippen molar-refractivity contribution in [3.63, 3.8) is 0 Å². The Labute approximate surface area is 216 Å². The lowest BCUT2D eigenvalue weighted by Crippen LogP contribution is -2.50. The van der Waals surface area contributed by atoms with Crippen LogP contribution in [0.25, 0.3) is 0 Å². The number of hydrogen-bond donors (Lipinski definition) is 1. The Morgan fingerprint density at radius 3 is 2.86 bits per heavy atom. The highest BCUT2D eigenvalue weighted by atomic mass is 16.7. The van der Waals surface area contributed by atoms with E-state index in [4.69, 9.17) is 18.9 Å². The van der Waals surface area contributed by atoms with Crippen LogP contribution in [0.15, 0.2) is 30.5 Å². The Kier molecular flexibility index (Phi) is 8.16. The first kappa shape index (κ1) is 26.3. The van der Waals surface area contributed by atoms with Gasteiger partial charge in [0.25, 0.3) is 11.8 Å². The van der Waals surface area contributed by atoms with Crippen LogP contribution >= 0.6 is 0 Å². The minimum absolute atomic E-state index is 0.129. The van der Waals surface area contributed by atoms with Gasteiger partial charge in [0.2, 0.25) is 12.7 Å². The highest BCUT2D eigenvalue weighted by molar-refractivity contribution is 5.97. The molecule has 0 radical (unpaired) electrons. The Morgan fingerprint density at radius 1 is 1.32 bits per heavy atom. The Morgan fingerprint density at radius 2 is 2.11 bits per heavy atom. The third kappa shape index (κ3) is 5.79. The summed E-state index contributed by atoms with van der Waals surface area (Å²) in [6.07, 6.45) is 1.07. The van der Waals surface area contributed by atoms with Gasteiger partial charge in [-0.15, -0.1) is 0 Å². The maximum atomic E-state index is 13.5. The summed E-state index contributed by atoms with van der Waals surface area (Å²) < 4.78 is 22.0. The normalized spacial score (nSPS) is 19.1. The second kappa shape index (κ2) is 11.5. The van der Waals surface area contributed by atoms with E-state index in [1.165, 1.54) is 0 Å². The second-order valence-electron chi connectivity index (χ2n) is 9.19. The molecule has 2 aliphatic rings. The zero-order valence-electron chi connectivity index (χ0n) is 21.4. The molecule has 0 spiro atoms. The molecule has 3 atom stereocenters. The van der Waals surface area contributed by atoms with Crippen LogP contribution in [0.1, 0.15) is 40.1 Å². The highest BCUT2D eigenvalue weighted by Crippen LogP contribution is 2.33. The first-order valence-corrected chi connectivity index (χ1v) is 12.0. The molecule has 3 heterocycles. The number of carbonyl (C=O) groups is 2. The summed E-state index contributed by atoms with van der Waals surface area (Å²) in [4.78, 5) is 34.3. The predicted molar refractivity (Wildman–Crippen MR) is 134 cm³/mol. The van der Waals surface area contributed by atoms with Crippen molar-refractivity contribution in [3.05, 3.63) is 47.2 Å². The number of nitrogens with zero attached hydrogens (tertiary/aromatic N) is 3. The average Bonchev–Trinajstić information content (AvgIpc) is 3.38. The van der Waals surface area contributed by atoms with E-state index in [9.17, 15) is 14.7 Å². The number of amides is 2. The van der Waals surface area contributed by atoms with Crippen LogP contribution in [0.4, 0.5) is 0 Å². The van der Waals surface area contributed by atoms with E-state index in [2.05, 4.69) is 16.8 Å². The van der Waals surface area contributed by atoms with Crippen LogP contribution in [0.3, 0.4) is 0 Å². The van der Waals surface area contributed by atoms with Gasteiger partial charge in [-0.1, -0.05) is 18.8 Å². The van der Waals surface area contributed by atoms with E-state index < -0.39 is 12.1 Å². The second-order valence-corrected chi connectivity index (χ2v) is 9.19. The Bertz CT molecular complexity index is 1220. The first-order chi connectivity index (χ1) is 17.8. The van der Waals surface area contributed by atoms with Crippen molar-refractivity contribution in [2.24, 2.45) is 5.92 Å². The molecule has 0 aliphatic carbocycles. The van der Waals surface area contributed by atoms with E-state index in [1.54, 1.807) is 61.3 Å². The summed E-state index contributed by atoms with van der Waals surface area (Å²) in [5, 5.41) is 9.83. The van der Waals surface area contributed by atoms with Gasteiger partial charge in [-0.3, -0.25) is 9.59 Å². The number of fused-ring (bicyclic) bond motifs is 2. The van der Waals surface area contributed by atoms with E-state index >= 15 is 0 Å². The predicted octanol–water partition coefficient (Wildman–Crippen LogP) is 1.80. The molecule has 0 saturated heterocycles. The van der Waals surface area contributed by atoms with E-state index in [0.717, 1.165) is 0 Å². The number of aliphatic hydroxyl groups is 1. The molecule has 0 bridgehead atoms. The molecule has 37 heavy (non-hydrogen) atoms. The quantitative estimate of drug-likeness (QED) is 0.587. The number of likely N-dealkylation sites (N-methyl/N-ethyl adjacent to an activating group) is 1. The van der Waals surface area contributed by atoms with Crippen LogP contribution in [0.2, 0.25) is 0 Å². The number of pyridine rings is 1. The third-order valence-corrected chi connectivity index (χ3v) is 6.39. The molecule has 1 aromatic heterocycles. The lowest BCUT2D eigenvalue weighted by Gasteiger charge is -2.37. The smallest absolute Gasteiger partial charge is 0.259 e. The molecule has 2 aliphatic heterocycles. The van der Waals surface area contributed by atoms with Gasteiger partial charge >= 0.3 is 0 Å². The minimum atomic E-state index is -0.471. The molecule has 10 nitrogen and oxygen atoms in total. The number of rotatable bonds is 6. The zero-order chi connectivity index (χ0) is 26.5. The summed E-state index contributed by atoms with van der Waals surface area (Å²) in [5.41, 5.74) is 1.27. The summed E-state index contributed by atoms with van der Waals surface area (Å²) in [6, 6.07) is 6.29. The Hall–Kier alpha value is -3.81. The van der Waals surface area contributed by atoms with Gasteiger partial charge in [0.05, 0.1) is 19.2 Å². The first-order valence-electron chi connectivity index (χ1n) is 12.0. The standard InChI is InChI=1S/C27H31N3O7/c1-17-13-30(18(2)15-31)27(33)21-10-19(6-5-9-34-4)12-28-25(21)37-24(17)14-29(3)26(32)20-7-8-22-23(11-20)36-16-35-22/h7-8,10-12,17-18,24,31H,9,13-16H2,1-4H3/t17-,18-,24+/m0/s1. The van der Waals surface area contributed by atoms with Gasteiger partial charge in [-0.05, 0) is 31.2 Å². The highest BCUT2D eigenvalue weighted by Gasteiger charge is 2.35. The largest absolute Gasteiger partial charge is 0.472 e. The number of ether oxygens (including phenoxy) is 4. The lowest BCUT2D eigenvalue weighted by molar-refractivity contribution is 0.0313. The molecule has 4 rings (SSSR count). The van der Waals surface area contributed by atoms with Gasteiger partial charge in [-0.2, -0.15) is 0 Å². The van der Waals surface area contributed by atoms with Crippen molar-refractivity contribution in [2.75, 3.05) is 47.3 Å². The van der Waals surface area contributed by atoms with E-state index in [-0.39, 0.29) is 55.7 Å². The van der Waals surface area contributed by atoms with Crippen LogP contribution < -0.4 is 14.2 Å². The summed E-state index contributed by atoms with van der Waals surface area (Å²) >= 11 is 0. The number of benzene rings is 1. The molecule has 2 amide bonds. The molecule has 1 aromatic carbocycles. The average molecular weight is 510 g/mol. The van der Waals surface area contributed by atoms with Crippen LogP contribution in [-0.4, -0.2) is 91.1 Å². The van der Waals surface area contributed by atoms with E-state index in [0.29, 0.717) is 29.2 Å². The molecule has 0 unspecified atom stereocenters. The van der Waals surface area contributed by atoms with Crippen molar-refractivity contribution in [2.45, 2.75) is 26.0 Å².